The molecule has 1 aromatic carbocycles. The molecule has 0 saturated carbocycles. The standard InChI is InChI=1S/C15H21N5O/c1-3-7-13(12-8-5-4-6-9-12)19-15(21)16-10-14-17-11-18-20(14)2/h4-6,8-9,11,13H,3,7,10H2,1-2H3,(H2,16,19,21). The summed E-state index contributed by atoms with van der Waals surface area (Å²) in [6, 6.07) is 9.83. The Labute approximate surface area is 124 Å². The molecule has 112 valence electrons. The van der Waals surface area contributed by atoms with Crippen molar-refractivity contribution in [1.82, 2.24) is 25.4 Å². The summed E-state index contributed by atoms with van der Waals surface area (Å²) in [6.07, 6.45) is 3.38. The molecule has 0 aliphatic rings. The fraction of sp³-hybridized carbons (Fsp3) is 0.400. The predicted octanol–water partition coefficient (Wildman–Crippen LogP) is 2.16. The molecular formula is C15H21N5O. The van der Waals surface area contributed by atoms with E-state index in [2.05, 4.69) is 27.6 Å². The molecule has 0 bridgehead atoms. The van der Waals surface area contributed by atoms with Crippen LogP contribution in [-0.2, 0) is 13.6 Å². The van der Waals surface area contributed by atoms with Crippen LogP contribution in [0.5, 0.6) is 0 Å². The Morgan fingerprint density at radius 1 is 1.33 bits per heavy atom. The molecule has 0 fully saturated rings. The van der Waals surface area contributed by atoms with Crippen molar-refractivity contribution in [2.45, 2.75) is 32.4 Å². The monoisotopic (exact) mass is 287 g/mol. The number of rotatable bonds is 6. The first kappa shape index (κ1) is 15.0. The SMILES string of the molecule is CCCC(NC(=O)NCc1ncnn1C)c1ccccc1. The largest absolute Gasteiger partial charge is 0.331 e. The number of carbonyl (C=O) groups excluding carboxylic acids is 1. The van der Waals surface area contributed by atoms with Crippen molar-refractivity contribution in [3.8, 4) is 0 Å². The lowest BCUT2D eigenvalue weighted by Gasteiger charge is -2.19. The summed E-state index contributed by atoms with van der Waals surface area (Å²) in [4.78, 5) is 16.1. The molecule has 1 heterocycles. The van der Waals surface area contributed by atoms with Crippen molar-refractivity contribution in [3.05, 3.63) is 48.0 Å². The van der Waals surface area contributed by atoms with Crippen LogP contribution < -0.4 is 10.6 Å². The maximum atomic E-state index is 12.0. The first-order valence-electron chi connectivity index (χ1n) is 7.13. The van der Waals surface area contributed by atoms with Gasteiger partial charge in [0.25, 0.3) is 0 Å². The molecule has 6 nitrogen and oxygen atoms in total. The van der Waals surface area contributed by atoms with Gasteiger partial charge in [0.2, 0.25) is 0 Å². The molecule has 0 radical (unpaired) electrons. The summed E-state index contributed by atoms with van der Waals surface area (Å²) in [5.74, 6) is 0.719. The maximum Gasteiger partial charge on any atom is 0.315 e. The van der Waals surface area contributed by atoms with E-state index in [0.717, 1.165) is 24.2 Å². The normalized spacial score (nSPS) is 11.9. The van der Waals surface area contributed by atoms with Crippen LogP contribution in [0.3, 0.4) is 0 Å². The van der Waals surface area contributed by atoms with Crippen LogP contribution in [0.15, 0.2) is 36.7 Å². The van der Waals surface area contributed by atoms with Gasteiger partial charge in [-0.3, -0.25) is 4.68 Å². The first-order valence-corrected chi connectivity index (χ1v) is 7.13. The molecule has 0 aliphatic carbocycles. The lowest BCUT2D eigenvalue weighted by molar-refractivity contribution is 0.235. The molecule has 6 heteroatoms. The Kier molecular flexibility index (Phi) is 5.31. The van der Waals surface area contributed by atoms with Crippen molar-refractivity contribution in [2.24, 2.45) is 7.05 Å². The number of hydrogen-bond acceptors (Lipinski definition) is 3. The highest BCUT2D eigenvalue weighted by molar-refractivity contribution is 5.74. The van der Waals surface area contributed by atoms with Gasteiger partial charge in [-0.1, -0.05) is 43.7 Å². The molecule has 2 rings (SSSR count). The number of carbonyl (C=O) groups is 1. The average molecular weight is 287 g/mol. The lowest BCUT2D eigenvalue weighted by atomic mass is 10.0. The Hall–Kier alpha value is -2.37. The number of nitrogens with zero attached hydrogens (tertiary/aromatic N) is 3. The van der Waals surface area contributed by atoms with Crippen LogP contribution >= 0.6 is 0 Å². The van der Waals surface area contributed by atoms with E-state index in [9.17, 15) is 4.79 Å². The highest BCUT2D eigenvalue weighted by Gasteiger charge is 2.13. The number of nitrogens with one attached hydrogen (secondary N) is 2. The van der Waals surface area contributed by atoms with Crippen molar-refractivity contribution in [1.29, 1.82) is 0 Å². The Morgan fingerprint density at radius 3 is 2.71 bits per heavy atom. The number of amides is 2. The van der Waals surface area contributed by atoms with E-state index >= 15 is 0 Å². The van der Waals surface area contributed by atoms with Crippen molar-refractivity contribution in [2.75, 3.05) is 0 Å². The molecule has 0 aliphatic heterocycles. The quantitative estimate of drug-likeness (QED) is 0.855. The van der Waals surface area contributed by atoms with E-state index < -0.39 is 0 Å². The fourth-order valence-corrected chi connectivity index (χ4v) is 2.14. The molecule has 21 heavy (non-hydrogen) atoms. The van der Waals surface area contributed by atoms with Crippen LogP contribution in [0.1, 0.15) is 37.2 Å². The number of benzene rings is 1. The van der Waals surface area contributed by atoms with Crippen LogP contribution in [0.4, 0.5) is 4.79 Å². The molecule has 0 saturated heterocycles. The zero-order valence-electron chi connectivity index (χ0n) is 12.4. The molecule has 2 aromatic rings. The van der Waals surface area contributed by atoms with Gasteiger partial charge in [0, 0.05) is 7.05 Å². The summed E-state index contributed by atoms with van der Waals surface area (Å²) in [6.45, 7) is 2.46. The van der Waals surface area contributed by atoms with Gasteiger partial charge in [-0.05, 0) is 12.0 Å². The minimum atomic E-state index is -0.194. The molecule has 0 spiro atoms. The summed E-state index contributed by atoms with van der Waals surface area (Å²) >= 11 is 0. The highest BCUT2D eigenvalue weighted by Crippen LogP contribution is 2.17. The van der Waals surface area contributed by atoms with E-state index in [1.807, 2.05) is 30.3 Å². The van der Waals surface area contributed by atoms with Gasteiger partial charge in [0.05, 0.1) is 12.6 Å². The van der Waals surface area contributed by atoms with Gasteiger partial charge >= 0.3 is 6.03 Å². The van der Waals surface area contributed by atoms with Gasteiger partial charge in [-0.25, -0.2) is 9.78 Å². The van der Waals surface area contributed by atoms with Crippen LogP contribution in [-0.4, -0.2) is 20.8 Å². The summed E-state index contributed by atoms with van der Waals surface area (Å²) in [5, 5.41) is 9.79. The maximum absolute atomic E-state index is 12.0. The third kappa shape index (κ3) is 4.30. The average Bonchev–Trinajstić information content (AvgIpc) is 2.91. The number of aromatic nitrogens is 3. The summed E-state index contributed by atoms with van der Waals surface area (Å²) < 4.78 is 1.64. The van der Waals surface area contributed by atoms with Gasteiger partial charge in [0.1, 0.15) is 12.2 Å². The minimum absolute atomic E-state index is 0.0238. The fourth-order valence-electron chi connectivity index (χ4n) is 2.14. The number of urea groups is 1. The Bertz CT molecular complexity index is 566. The summed E-state index contributed by atoms with van der Waals surface area (Å²) in [5.41, 5.74) is 1.12. The minimum Gasteiger partial charge on any atom is -0.331 e. The zero-order valence-corrected chi connectivity index (χ0v) is 12.4. The Balaban J connectivity index is 1.91. The van der Waals surface area contributed by atoms with Crippen LogP contribution in [0.25, 0.3) is 0 Å². The molecule has 1 aromatic heterocycles. The second kappa shape index (κ2) is 7.42. The molecule has 1 atom stereocenters. The van der Waals surface area contributed by atoms with Crippen LogP contribution in [0, 0.1) is 0 Å². The predicted molar refractivity (Wildman–Crippen MR) is 80.5 cm³/mol. The van der Waals surface area contributed by atoms with Crippen LogP contribution in [0.2, 0.25) is 0 Å². The smallest absolute Gasteiger partial charge is 0.315 e. The Morgan fingerprint density at radius 2 is 2.10 bits per heavy atom. The van der Waals surface area contributed by atoms with E-state index in [-0.39, 0.29) is 12.1 Å². The third-order valence-electron chi connectivity index (χ3n) is 3.30. The van der Waals surface area contributed by atoms with Gasteiger partial charge in [-0.15, -0.1) is 0 Å². The second-order valence-corrected chi connectivity index (χ2v) is 4.88. The van der Waals surface area contributed by atoms with Gasteiger partial charge in [-0.2, -0.15) is 5.10 Å². The van der Waals surface area contributed by atoms with Crippen molar-refractivity contribution < 1.29 is 4.79 Å². The number of hydrogen-bond donors (Lipinski definition) is 2. The molecular weight excluding hydrogens is 266 g/mol. The van der Waals surface area contributed by atoms with Gasteiger partial charge < -0.3 is 10.6 Å². The number of aryl methyl sites for hydroxylation is 1. The van der Waals surface area contributed by atoms with E-state index in [4.69, 9.17) is 0 Å². The second-order valence-electron chi connectivity index (χ2n) is 4.88. The molecule has 2 amide bonds. The topological polar surface area (TPSA) is 71.8 Å². The summed E-state index contributed by atoms with van der Waals surface area (Å²) in [7, 11) is 1.80. The van der Waals surface area contributed by atoms with E-state index in [0.29, 0.717) is 6.54 Å². The van der Waals surface area contributed by atoms with E-state index in [1.54, 1.807) is 11.7 Å². The third-order valence-corrected chi connectivity index (χ3v) is 3.30. The highest BCUT2D eigenvalue weighted by atomic mass is 16.2. The first-order chi connectivity index (χ1) is 10.2. The lowest BCUT2D eigenvalue weighted by Crippen LogP contribution is -2.38. The van der Waals surface area contributed by atoms with Gasteiger partial charge in [0.15, 0.2) is 0 Å². The molecule has 2 N–H and O–H groups in total. The van der Waals surface area contributed by atoms with E-state index in [1.165, 1.54) is 6.33 Å². The van der Waals surface area contributed by atoms with Crippen molar-refractivity contribution in [3.63, 3.8) is 0 Å². The zero-order chi connectivity index (χ0) is 15.1. The molecule has 1 unspecified atom stereocenters. The van der Waals surface area contributed by atoms with Crippen molar-refractivity contribution >= 4 is 6.03 Å².